The van der Waals surface area contributed by atoms with Gasteiger partial charge in [-0.3, -0.25) is 14.4 Å². The van der Waals surface area contributed by atoms with Crippen LogP contribution in [0.5, 0.6) is 0 Å². The van der Waals surface area contributed by atoms with E-state index in [2.05, 4.69) is 25.7 Å². The van der Waals surface area contributed by atoms with E-state index in [-0.39, 0.29) is 12.3 Å². The Labute approximate surface area is 139 Å². The van der Waals surface area contributed by atoms with Crippen LogP contribution in [0.25, 0.3) is 0 Å². The molecule has 3 amide bonds. The van der Waals surface area contributed by atoms with Crippen molar-refractivity contribution in [3.05, 3.63) is 11.1 Å². The van der Waals surface area contributed by atoms with E-state index in [4.69, 9.17) is 11.6 Å². The van der Waals surface area contributed by atoms with Gasteiger partial charge in [0.05, 0.1) is 19.2 Å². The first-order valence-corrected chi connectivity index (χ1v) is 7.83. The predicted molar refractivity (Wildman–Crippen MR) is 81.0 cm³/mol. The first-order chi connectivity index (χ1) is 10.9. The molecule has 3 N–H and O–H groups in total. The number of hydrogen-bond acceptors (Lipinski definition) is 7. The highest BCUT2D eigenvalue weighted by molar-refractivity contribution is 7.14. The van der Waals surface area contributed by atoms with Gasteiger partial charge < -0.3 is 20.7 Å². The lowest BCUT2D eigenvalue weighted by Crippen LogP contribution is -2.72. The number of nitrogens with one attached hydrogen (secondary N) is 3. The third kappa shape index (κ3) is 4.17. The van der Waals surface area contributed by atoms with Gasteiger partial charge in [0.2, 0.25) is 17.7 Å². The van der Waals surface area contributed by atoms with E-state index in [1.54, 1.807) is 5.38 Å². The van der Waals surface area contributed by atoms with Gasteiger partial charge in [-0.25, -0.2) is 9.78 Å². The summed E-state index contributed by atoms with van der Waals surface area (Å²) >= 11 is 6.51. The topological polar surface area (TPSA) is 126 Å². The summed E-state index contributed by atoms with van der Waals surface area (Å²) < 4.78 is 4.52. The smallest absolute Gasteiger partial charge is 0.331 e. The number of esters is 1. The summed E-state index contributed by atoms with van der Waals surface area (Å²) in [6.07, 6.45) is -0.0923. The van der Waals surface area contributed by atoms with Crippen molar-refractivity contribution in [3.63, 3.8) is 0 Å². The maximum atomic E-state index is 11.9. The number of aromatic nitrogens is 1. The van der Waals surface area contributed by atoms with Crippen LogP contribution in [0.4, 0.5) is 5.13 Å². The van der Waals surface area contributed by atoms with Crippen LogP contribution >= 0.6 is 22.9 Å². The number of anilines is 1. The first kappa shape index (κ1) is 17.2. The molecule has 1 aromatic heterocycles. The number of nitrogens with zero attached hydrogens (tertiary/aromatic N) is 1. The quantitative estimate of drug-likeness (QED) is 0.340. The highest BCUT2D eigenvalue weighted by Gasteiger charge is 2.45. The van der Waals surface area contributed by atoms with Crippen LogP contribution in [0.15, 0.2) is 5.38 Å². The summed E-state index contributed by atoms with van der Waals surface area (Å²) in [6, 6.07) is -1.84. The molecule has 1 fully saturated rings. The molecule has 1 aliphatic heterocycles. The minimum absolute atomic E-state index is 0.0923. The minimum Gasteiger partial charge on any atom is -0.467 e. The van der Waals surface area contributed by atoms with Gasteiger partial charge in [0.1, 0.15) is 11.9 Å². The van der Waals surface area contributed by atoms with Crippen LogP contribution in [-0.4, -0.2) is 53.7 Å². The molecule has 2 rings (SSSR count). The second kappa shape index (κ2) is 7.38. The molecule has 0 saturated carbocycles. The molecule has 1 saturated heterocycles. The Balaban J connectivity index is 1.88. The van der Waals surface area contributed by atoms with Crippen molar-refractivity contribution in [2.75, 3.05) is 18.3 Å². The maximum absolute atomic E-state index is 11.9. The number of carbonyl (C=O) groups is 4. The molecule has 0 aromatic carbocycles. The Kier molecular flexibility index (Phi) is 5.50. The average Bonchev–Trinajstić information content (AvgIpc) is 2.96. The highest BCUT2D eigenvalue weighted by atomic mass is 35.5. The Morgan fingerprint density at radius 1 is 1.43 bits per heavy atom. The number of rotatable bonds is 6. The number of halogens is 1. The van der Waals surface area contributed by atoms with E-state index in [1.807, 2.05) is 0 Å². The molecular formula is C12H13ClN4O5S. The van der Waals surface area contributed by atoms with Gasteiger partial charge in [0, 0.05) is 5.38 Å². The lowest BCUT2D eigenvalue weighted by Gasteiger charge is -2.34. The third-order valence-electron chi connectivity index (χ3n) is 2.95. The Morgan fingerprint density at radius 2 is 2.17 bits per heavy atom. The highest BCUT2D eigenvalue weighted by Crippen LogP contribution is 2.16. The third-order valence-corrected chi connectivity index (χ3v) is 4.00. The fourth-order valence-corrected chi connectivity index (χ4v) is 2.63. The fraction of sp³-hybridized carbons (Fsp3) is 0.417. The molecular weight excluding hydrogens is 348 g/mol. The van der Waals surface area contributed by atoms with E-state index in [0.29, 0.717) is 10.8 Å². The van der Waals surface area contributed by atoms with Gasteiger partial charge in [-0.1, -0.05) is 0 Å². The first-order valence-electron chi connectivity index (χ1n) is 6.42. The Bertz CT molecular complexity index is 649. The van der Waals surface area contributed by atoms with Crippen LogP contribution < -0.4 is 16.0 Å². The van der Waals surface area contributed by atoms with E-state index < -0.39 is 35.8 Å². The number of carbonyl (C=O) groups excluding carboxylic acids is 4. The van der Waals surface area contributed by atoms with Crippen LogP contribution in [-0.2, 0) is 30.3 Å². The van der Waals surface area contributed by atoms with Gasteiger partial charge >= 0.3 is 5.97 Å². The van der Waals surface area contributed by atoms with E-state index in [0.717, 1.165) is 11.3 Å². The van der Waals surface area contributed by atoms with Crippen molar-refractivity contribution in [3.8, 4) is 0 Å². The molecule has 0 spiro atoms. The maximum Gasteiger partial charge on any atom is 0.331 e. The zero-order valence-corrected chi connectivity index (χ0v) is 13.5. The van der Waals surface area contributed by atoms with Gasteiger partial charge in [-0.05, 0) is 0 Å². The molecule has 124 valence electrons. The fourth-order valence-electron chi connectivity index (χ4n) is 1.84. The zero-order valence-electron chi connectivity index (χ0n) is 11.9. The van der Waals surface area contributed by atoms with Gasteiger partial charge in [0.25, 0.3) is 0 Å². The minimum atomic E-state index is -0.955. The van der Waals surface area contributed by atoms with Crippen molar-refractivity contribution in [1.82, 2.24) is 15.6 Å². The van der Waals surface area contributed by atoms with Gasteiger partial charge in [-0.15, -0.1) is 22.9 Å². The van der Waals surface area contributed by atoms with E-state index >= 15 is 0 Å². The molecule has 11 heteroatoms. The van der Waals surface area contributed by atoms with Crippen LogP contribution in [0.1, 0.15) is 5.69 Å². The standard InChI is InChI=1S/C12H13ClN4O5S/c1-22-11(21)9-8(10(20)17-9)15-6(18)2-5-4-23-12(14-5)16-7(19)3-13/h4,8-9H,2-3H2,1H3,(H,15,18)(H,17,20)(H,14,16,19)/t8-,9-/m0/s1. The molecule has 9 nitrogen and oxygen atoms in total. The SMILES string of the molecule is COC(=O)[C@H]1NC(=O)[C@H]1NC(=O)Cc1csc(NC(=O)CCl)n1. The van der Waals surface area contributed by atoms with Crippen molar-refractivity contribution in [1.29, 1.82) is 0 Å². The van der Waals surface area contributed by atoms with Crippen LogP contribution in [0.2, 0.25) is 0 Å². The van der Waals surface area contributed by atoms with Crippen LogP contribution in [0, 0.1) is 0 Å². The lowest BCUT2D eigenvalue weighted by atomic mass is 9.99. The number of alkyl halides is 1. The van der Waals surface area contributed by atoms with Gasteiger partial charge in [-0.2, -0.15) is 0 Å². The zero-order chi connectivity index (χ0) is 17.0. The normalized spacial score (nSPS) is 19.3. The summed E-state index contributed by atoms with van der Waals surface area (Å²) in [4.78, 5) is 49.9. The molecule has 1 aliphatic rings. The second-order valence-corrected chi connectivity index (χ2v) is 5.68. The van der Waals surface area contributed by atoms with Crippen molar-refractivity contribution < 1.29 is 23.9 Å². The molecule has 2 atom stereocenters. The second-order valence-electron chi connectivity index (χ2n) is 4.56. The molecule has 2 heterocycles. The van der Waals surface area contributed by atoms with Crippen molar-refractivity contribution in [2.45, 2.75) is 18.5 Å². The molecule has 0 bridgehead atoms. The average molecular weight is 361 g/mol. The number of thiazole rings is 1. The number of hydrogen-bond donors (Lipinski definition) is 3. The van der Waals surface area contributed by atoms with E-state index in [9.17, 15) is 19.2 Å². The van der Waals surface area contributed by atoms with E-state index in [1.165, 1.54) is 7.11 Å². The molecule has 0 aliphatic carbocycles. The van der Waals surface area contributed by atoms with Gasteiger partial charge in [0.15, 0.2) is 11.2 Å². The van der Waals surface area contributed by atoms with Crippen molar-refractivity contribution >= 4 is 51.8 Å². The Morgan fingerprint density at radius 3 is 2.78 bits per heavy atom. The molecule has 0 radical (unpaired) electrons. The summed E-state index contributed by atoms with van der Waals surface area (Å²) in [5, 5.41) is 9.18. The number of amides is 3. The molecule has 1 aromatic rings. The predicted octanol–water partition coefficient (Wildman–Crippen LogP) is -0.981. The number of methoxy groups -OCH3 is 1. The van der Waals surface area contributed by atoms with Crippen LogP contribution in [0.3, 0.4) is 0 Å². The Hall–Kier alpha value is -2.20. The molecule has 23 heavy (non-hydrogen) atoms. The molecule has 0 unspecified atom stereocenters. The summed E-state index contributed by atoms with van der Waals surface area (Å²) in [6.45, 7) is 0. The number of ether oxygens (including phenoxy) is 1. The lowest BCUT2D eigenvalue weighted by molar-refractivity contribution is -0.153. The monoisotopic (exact) mass is 360 g/mol. The summed E-state index contributed by atoms with van der Waals surface area (Å²) in [7, 11) is 1.19. The largest absolute Gasteiger partial charge is 0.467 e. The summed E-state index contributed by atoms with van der Waals surface area (Å²) in [5.74, 6) is -2.15. The number of β-lactam (4-membered cyclic amide) rings is 1. The van der Waals surface area contributed by atoms with Crippen molar-refractivity contribution in [2.24, 2.45) is 0 Å². The summed E-state index contributed by atoms with van der Waals surface area (Å²) in [5.41, 5.74) is 0.423.